The molecule has 2 aromatic heterocycles. The molecule has 0 amide bonds. The minimum atomic E-state index is -0.500. The van der Waals surface area contributed by atoms with Crippen molar-refractivity contribution in [3.8, 4) is 5.75 Å². The van der Waals surface area contributed by atoms with E-state index >= 15 is 0 Å². The van der Waals surface area contributed by atoms with Gasteiger partial charge in [-0.2, -0.15) is 0 Å². The average molecular weight is 358 g/mol. The molecule has 2 heterocycles. The highest BCUT2D eigenvalue weighted by molar-refractivity contribution is 7.18. The normalized spacial score (nSPS) is 10.9. The highest BCUT2D eigenvalue weighted by Crippen LogP contribution is 2.25. The lowest BCUT2D eigenvalue weighted by molar-refractivity contribution is 0.0462. The zero-order chi connectivity index (χ0) is 18.1. The van der Waals surface area contributed by atoms with E-state index in [1.807, 2.05) is 20.8 Å². The lowest BCUT2D eigenvalue weighted by Crippen LogP contribution is -2.14. The molecule has 7 heteroatoms. The van der Waals surface area contributed by atoms with E-state index in [-0.39, 0.29) is 12.2 Å². The summed E-state index contributed by atoms with van der Waals surface area (Å²) in [6.45, 7) is 5.64. The number of methoxy groups -OCH3 is 1. The largest absolute Gasteiger partial charge is 0.496 e. The van der Waals surface area contributed by atoms with Gasteiger partial charge in [0.05, 0.1) is 18.1 Å². The van der Waals surface area contributed by atoms with Crippen LogP contribution >= 0.6 is 11.3 Å². The smallest absolute Gasteiger partial charge is 0.338 e. The van der Waals surface area contributed by atoms with Crippen LogP contribution in [0.1, 0.15) is 32.2 Å². The molecule has 0 radical (unpaired) electrons. The summed E-state index contributed by atoms with van der Waals surface area (Å²) < 4.78 is 10.5. The lowest BCUT2D eigenvalue weighted by Gasteiger charge is -2.08. The minimum Gasteiger partial charge on any atom is -0.496 e. The van der Waals surface area contributed by atoms with Crippen LogP contribution in [0.25, 0.3) is 10.2 Å². The number of aromatic amines is 1. The molecular weight excluding hydrogens is 340 g/mol. The number of hydrogen-bond acceptors (Lipinski definition) is 6. The van der Waals surface area contributed by atoms with E-state index in [1.165, 1.54) is 11.3 Å². The van der Waals surface area contributed by atoms with E-state index in [0.717, 1.165) is 16.0 Å². The predicted octanol–water partition coefficient (Wildman–Crippen LogP) is 3.28. The van der Waals surface area contributed by atoms with E-state index in [4.69, 9.17) is 9.47 Å². The molecule has 0 aliphatic rings. The average Bonchev–Trinajstić information content (AvgIpc) is 2.87. The Balaban J connectivity index is 1.80. The summed E-state index contributed by atoms with van der Waals surface area (Å²) >= 11 is 1.46. The Kier molecular flexibility index (Phi) is 4.59. The minimum absolute atomic E-state index is 0.101. The van der Waals surface area contributed by atoms with Gasteiger partial charge in [0.1, 0.15) is 23.0 Å². The molecule has 0 fully saturated rings. The number of carbonyl (C=O) groups excluding carboxylic acids is 1. The van der Waals surface area contributed by atoms with Crippen molar-refractivity contribution in [3.63, 3.8) is 0 Å². The number of ether oxygens (including phenoxy) is 2. The zero-order valence-corrected chi connectivity index (χ0v) is 15.2. The summed E-state index contributed by atoms with van der Waals surface area (Å²) in [4.78, 5) is 33.2. The molecule has 0 saturated heterocycles. The molecule has 25 heavy (non-hydrogen) atoms. The summed E-state index contributed by atoms with van der Waals surface area (Å²) in [5.74, 6) is 0.442. The maximum Gasteiger partial charge on any atom is 0.338 e. The van der Waals surface area contributed by atoms with Gasteiger partial charge in [0.25, 0.3) is 5.56 Å². The van der Waals surface area contributed by atoms with Crippen LogP contribution in [0.3, 0.4) is 0 Å². The molecule has 0 aliphatic carbocycles. The van der Waals surface area contributed by atoms with Crippen LogP contribution in [0.15, 0.2) is 23.0 Å². The van der Waals surface area contributed by atoms with Crippen LogP contribution in [-0.2, 0) is 11.3 Å². The summed E-state index contributed by atoms with van der Waals surface area (Å²) in [5.41, 5.74) is 2.03. The number of esters is 1. The number of benzene rings is 1. The Morgan fingerprint density at radius 1 is 1.28 bits per heavy atom. The quantitative estimate of drug-likeness (QED) is 0.724. The van der Waals surface area contributed by atoms with Crippen molar-refractivity contribution in [2.45, 2.75) is 27.4 Å². The van der Waals surface area contributed by atoms with Crippen molar-refractivity contribution in [2.24, 2.45) is 0 Å². The van der Waals surface area contributed by atoms with Gasteiger partial charge >= 0.3 is 5.97 Å². The third-order valence-corrected chi connectivity index (χ3v) is 5.17. The van der Waals surface area contributed by atoms with Crippen molar-refractivity contribution in [1.82, 2.24) is 9.97 Å². The van der Waals surface area contributed by atoms with Crippen LogP contribution in [0, 0.1) is 20.8 Å². The Labute approximate surface area is 148 Å². The standard InChI is InChI=1S/C18H18N2O4S/c1-9-5-6-12(7-13(9)23-4)18(22)24-8-14-19-16(21)15-10(2)11(3)25-17(15)20-14/h5-7H,8H2,1-4H3,(H,19,20,21). The van der Waals surface area contributed by atoms with E-state index in [0.29, 0.717) is 27.4 Å². The number of nitrogens with one attached hydrogen (secondary N) is 1. The van der Waals surface area contributed by atoms with Crippen LogP contribution in [0.5, 0.6) is 5.75 Å². The highest BCUT2D eigenvalue weighted by Gasteiger charge is 2.14. The number of rotatable bonds is 4. The molecule has 0 spiro atoms. The summed E-state index contributed by atoms with van der Waals surface area (Å²) in [6.07, 6.45) is 0. The summed E-state index contributed by atoms with van der Waals surface area (Å²) in [6, 6.07) is 5.09. The summed E-state index contributed by atoms with van der Waals surface area (Å²) in [5, 5.41) is 0.598. The fraction of sp³-hybridized carbons (Fsp3) is 0.278. The van der Waals surface area contributed by atoms with Gasteiger partial charge in [-0.05, 0) is 44.0 Å². The maximum absolute atomic E-state index is 12.2. The van der Waals surface area contributed by atoms with Crippen LogP contribution in [-0.4, -0.2) is 23.0 Å². The van der Waals surface area contributed by atoms with Gasteiger partial charge in [-0.15, -0.1) is 11.3 Å². The Hall–Kier alpha value is -2.67. The van der Waals surface area contributed by atoms with E-state index in [1.54, 1.807) is 25.3 Å². The van der Waals surface area contributed by atoms with Gasteiger partial charge in [0.2, 0.25) is 0 Å². The predicted molar refractivity (Wildman–Crippen MR) is 96.6 cm³/mol. The first-order chi connectivity index (χ1) is 11.9. The van der Waals surface area contributed by atoms with Crippen molar-refractivity contribution in [1.29, 1.82) is 0 Å². The molecule has 130 valence electrons. The SMILES string of the molecule is COc1cc(C(=O)OCc2nc3sc(C)c(C)c3c(=O)[nH]2)ccc1C. The summed E-state index contributed by atoms with van der Waals surface area (Å²) in [7, 11) is 1.55. The molecule has 0 atom stereocenters. The zero-order valence-electron chi connectivity index (χ0n) is 14.4. The molecule has 0 aliphatic heterocycles. The van der Waals surface area contributed by atoms with E-state index in [2.05, 4.69) is 9.97 Å². The Bertz CT molecular complexity index is 1020. The Morgan fingerprint density at radius 3 is 2.76 bits per heavy atom. The second kappa shape index (κ2) is 6.68. The third-order valence-electron chi connectivity index (χ3n) is 4.07. The van der Waals surface area contributed by atoms with Gasteiger partial charge < -0.3 is 14.5 Å². The van der Waals surface area contributed by atoms with Crippen molar-refractivity contribution in [3.05, 3.63) is 55.9 Å². The van der Waals surface area contributed by atoms with Crippen LogP contribution in [0.2, 0.25) is 0 Å². The maximum atomic E-state index is 12.2. The molecule has 1 N–H and O–H groups in total. The highest BCUT2D eigenvalue weighted by atomic mass is 32.1. The number of hydrogen-bond donors (Lipinski definition) is 1. The molecule has 0 unspecified atom stereocenters. The van der Waals surface area contributed by atoms with Crippen molar-refractivity contribution < 1.29 is 14.3 Å². The second-order valence-electron chi connectivity index (χ2n) is 5.74. The molecule has 0 bridgehead atoms. The topological polar surface area (TPSA) is 81.3 Å². The first kappa shape index (κ1) is 17.2. The Morgan fingerprint density at radius 2 is 2.04 bits per heavy atom. The number of fused-ring (bicyclic) bond motifs is 1. The number of thiophene rings is 1. The number of aromatic nitrogens is 2. The molecular formula is C18H18N2O4S. The van der Waals surface area contributed by atoms with E-state index < -0.39 is 5.97 Å². The van der Waals surface area contributed by atoms with Gasteiger partial charge in [0.15, 0.2) is 0 Å². The first-order valence-corrected chi connectivity index (χ1v) is 8.53. The van der Waals surface area contributed by atoms with Gasteiger partial charge in [-0.1, -0.05) is 6.07 Å². The fourth-order valence-electron chi connectivity index (χ4n) is 2.53. The number of aryl methyl sites for hydroxylation is 3. The fourth-order valence-corrected chi connectivity index (χ4v) is 3.58. The van der Waals surface area contributed by atoms with Crippen molar-refractivity contribution in [2.75, 3.05) is 7.11 Å². The van der Waals surface area contributed by atoms with Crippen LogP contribution in [0.4, 0.5) is 0 Å². The molecule has 1 aromatic carbocycles. The molecule has 0 saturated carbocycles. The second-order valence-corrected chi connectivity index (χ2v) is 6.94. The van der Waals surface area contributed by atoms with Crippen molar-refractivity contribution >= 4 is 27.5 Å². The third kappa shape index (κ3) is 3.28. The molecule has 3 rings (SSSR count). The molecule has 3 aromatic rings. The van der Waals surface area contributed by atoms with Gasteiger partial charge in [0, 0.05) is 4.88 Å². The molecule has 6 nitrogen and oxygen atoms in total. The number of nitrogens with zero attached hydrogens (tertiary/aromatic N) is 1. The number of H-pyrrole nitrogens is 1. The first-order valence-electron chi connectivity index (χ1n) is 7.71. The van der Waals surface area contributed by atoms with Crippen LogP contribution < -0.4 is 10.3 Å². The van der Waals surface area contributed by atoms with Gasteiger partial charge in [-0.25, -0.2) is 9.78 Å². The monoisotopic (exact) mass is 358 g/mol. The van der Waals surface area contributed by atoms with Gasteiger partial charge in [-0.3, -0.25) is 4.79 Å². The lowest BCUT2D eigenvalue weighted by atomic mass is 10.1. The van der Waals surface area contributed by atoms with E-state index in [9.17, 15) is 9.59 Å². The number of carbonyl (C=O) groups is 1.